The van der Waals surface area contributed by atoms with Crippen LogP contribution in [0, 0.1) is 10.1 Å². The van der Waals surface area contributed by atoms with E-state index in [9.17, 15) is 19.7 Å². The molecule has 29 heavy (non-hydrogen) atoms. The van der Waals surface area contributed by atoms with E-state index in [4.69, 9.17) is 4.42 Å². The van der Waals surface area contributed by atoms with E-state index in [1.54, 1.807) is 0 Å². The first-order valence-electron chi connectivity index (χ1n) is 9.01. The molecular weight excluding hydrogens is 378 g/mol. The summed E-state index contributed by atoms with van der Waals surface area (Å²) >= 11 is 0. The molecule has 0 fully saturated rings. The molecule has 2 aromatic heterocycles. The molecule has 2 aromatic carbocycles. The molecule has 0 saturated carbocycles. The quantitative estimate of drug-likeness (QED) is 0.395. The van der Waals surface area contributed by atoms with Gasteiger partial charge in [0.25, 0.3) is 5.69 Å². The number of hydrogen-bond acceptors (Lipinski definition) is 6. The van der Waals surface area contributed by atoms with Crippen LogP contribution in [-0.4, -0.2) is 24.9 Å². The van der Waals surface area contributed by atoms with Crippen LogP contribution in [0.15, 0.2) is 51.7 Å². The number of rotatable bonds is 6. The molecule has 0 bridgehead atoms. The summed E-state index contributed by atoms with van der Waals surface area (Å²) < 4.78 is 8.09. The average Bonchev–Trinajstić information content (AvgIpc) is 3.19. The Morgan fingerprint density at radius 2 is 2.00 bits per heavy atom. The first-order valence-corrected chi connectivity index (χ1v) is 9.01. The summed E-state index contributed by atoms with van der Waals surface area (Å²) in [5, 5.41) is 13.6. The van der Waals surface area contributed by atoms with Gasteiger partial charge in [-0.15, -0.1) is 0 Å². The molecule has 0 aliphatic heterocycles. The van der Waals surface area contributed by atoms with Crippen molar-refractivity contribution in [3.05, 3.63) is 63.1 Å². The van der Waals surface area contributed by atoms with Gasteiger partial charge in [0.1, 0.15) is 6.54 Å². The smallest absolute Gasteiger partial charge is 0.407 e. The summed E-state index contributed by atoms with van der Waals surface area (Å²) in [6, 6.07) is 11.4. The van der Waals surface area contributed by atoms with Crippen LogP contribution in [0.25, 0.3) is 22.1 Å². The second-order valence-electron chi connectivity index (χ2n) is 6.49. The fourth-order valence-electron chi connectivity index (χ4n) is 3.25. The van der Waals surface area contributed by atoms with Gasteiger partial charge in [-0.1, -0.05) is 19.1 Å². The number of nitro benzene ring substituents is 1. The molecule has 4 rings (SSSR count). The zero-order chi connectivity index (χ0) is 20.5. The minimum Gasteiger partial charge on any atom is -0.407 e. The number of fused-ring (bicyclic) bond motifs is 2. The third-order valence-corrected chi connectivity index (χ3v) is 4.52. The number of carbonyl (C=O) groups is 1. The number of benzene rings is 2. The van der Waals surface area contributed by atoms with Crippen molar-refractivity contribution >= 4 is 39.7 Å². The normalized spacial score (nSPS) is 11.2. The third kappa shape index (κ3) is 3.35. The van der Waals surface area contributed by atoms with E-state index in [0.29, 0.717) is 18.0 Å². The number of oxazole rings is 1. The highest BCUT2D eigenvalue weighted by atomic mass is 16.6. The van der Waals surface area contributed by atoms with Crippen molar-refractivity contribution in [3.63, 3.8) is 0 Å². The van der Waals surface area contributed by atoms with Gasteiger partial charge < -0.3 is 8.98 Å². The minimum absolute atomic E-state index is 0.0511. The number of imidazole rings is 1. The van der Waals surface area contributed by atoms with Crippen LogP contribution in [0.1, 0.15) is 13.3 Å². The Balaban J connectivity index is 1.63. The van der Waals surface area contributed by atoms with Crippen LogP contribution < -0.4 is 11.1 Å². The summed E-state index contributed by atoms with van der Waals surface area (Å²) in [6.07, 6.45) is 0.855. The topological polar surface area (TPSA) is 125 Å². The number of amides is 1. The van der Waals surface area contributed by atoms with Gasteiger partial charge in [0.2, 0.25) is 11.9 Å². The van der Waals surface area contributed by atoms with E-state index in [-0.39, 0.29) is 17.8 Å². The fourth-order valence-corrected chi connectivity index (χ4v) is 3.25. The first-order chi connectivity index (χ1) is 14.0. The van der Waals surface area contributed by atoms with Crippen molar-refractivity contribution in [2.24, 2.45) is 0 Å². The highest BCUT2D eigenvalue weighted by molar-refractivity contribution is 5.92. The van der Waals surface area contributed by atoms with E-state index in [1.165, 1.54) is 12.1 Å². The second-order valence-corrected chi connectivity index (χ2v) is 6.49. The molecule has 1 N–H and O–H groups in total. The molecular formula is C19H17N5O5. The number of hydrogen-bond donors (Lipinski definition) is 1. The third-order valence-electron chi connectivity index (χ3n) is 4.52. The van der Waals surface area contributed by atoms with Gasteiger partial charge in [-0.25, -0.2) is 9.78 Å². The van der Waals surface area contributed by atoms with Gasteiger partial charge >= 0.3 is 5.76 Å². The van der Waals surface area contributed by atoms with Gasteiger partial charge in [-0.05, 0) is 24.6 Å². The highest BCUT2D eigenvalue weighted by Crippen LogP contribution is 2.21. The van der Waals surface area contributed by atoms with E-state index < -0.39 is 16.6 Å². The van der Waals surface area contributed by atoms with Crippen LogP contribution in [-0.2, 0) is 17.9 Å². The van der Waals surface area contributed by atoms with Crippen LogP contribution in [0.2, 0.25) is 0 Å². The van der Waals surface area contributed by atoms with Gasteiger partial charge in [0.05, 0.1) is 27.5 Å². The summed E-state index contributed by atoms with van der Waals surface area (Å²) in [4.78, 5) is 39.5. The molecule has 0 aliphatic carbocycles. The molecule has 0 radical (unpaired) electrons. The molecule has 1 amide bonds. The van der Waals surface area contributed by atoms with Crippen LogP contribution in [0.3, 0.4) is 0 Å². The zero-order valence-electron chi connectivity index (χ0n) is 15.5. The number of nitrogens with one attached hydrogen (secondary N) is 1. The van der Waals surface area contributed by atoms with Crippen LogP contribution >= 0.6 is 0 Å². The Morgan fingerprint density at radius 3 is 2.76 bits per heavy atom. The number of nitrogens with zero attached hydrogens (tertiary/aromatic N) is 4. The van der Waals surface area contributed by atoms with E-state index in [2.05, 4.69) is 10.3 Å². The Kier molecular flexibility index (Phi) is 4.59. The molecule has 0 saturated heterocycles. The Bertz CT molecular complexity index is 1300. The highest BCUT2D eigenvalue weighted by Gasteiger charge is 2.18. The predicted octanol–water partition coefficient (Wildman–Crippen LogP) is 2.90. The summed E-state index contributed by atoms with van der Waals surface area (Å²) in [6.45, 7) is 2.39. The summed E-state index contributed by atoms with van der Waals surface area (Å²) in [5.41, 5.74) is 1.82. The second kappa shape index (κ2) is 7.23. The van der Waals surface area contributed by atoms with Crippen molar-refractivity contribution < 1.29 is 14.1 Å². The standard InChI is InChI=1S/C19H17N5O5/c1-2-9-22-14-6-4-3-5-13(14)20-18(22)21-17(25)11-23-15-8-7-12(24(27)28)10-16(15)29-19(23)26/h3-8,10H,2,9,11H2,1H3,(H,20,21,25). The minimum atomic E-state index is -0.766. The number of carbonyl (C=O) groups excluding carboxylic acids is 1. The Labute approximate surface area is 163 Å². The molecule has 10 heteroatoms. The van der Waals surface area contributed by atoms with Crippen molar-refractivity contribution in [3.8, 4) is 0 Å². The van der Waals surface area contributed by atoms with Gasteiger partial charge in [0, 0.05) is 12.6 Å². The van der Waals surface area contributed by atoms with Gasteiger partial charge in [-0.3, -0.25) is 24.8 Å². The number of para-hydroxylation sites is 2. The predicted molar refractivity (Wildman–Crippen MR) is 106 cm³/mol. The maximum absolute atomic E-state index is 12.6. The summed E-state index contributed by atoms with van der Waals surface area (Å²) in [5.74, 6) is -0.826. The Hall–Kier alpha value is -3.95. The van der Waals surface area contributed by atoms with Gasteiger partial charge in [0.15, 0.2) is 5.58 Å². The summed E-state index contributed by atoms with van der Waals surface area (Å²) in [7, 11) is 0. The lowest BCUT2D eigenvalue weighted by atomic mass is 10.3. The molecule has 10 nitrogen and oxygen atoms in total. The van der Waals surface area contributed by atoms with Crippen molar-refractivity contribution in [2.75, 3.05) is 5.32 Å². The molecule has 2 heterocycles. The molecule has 0 spiro atoms. The fraction of sp³-hybridized carbons (Fsp3) is 0.211. The number of nitro groups is 1. The molecule has 0 atom stereocenters. The first kappa shape index (κ1) is 18.4. The van der Waals surface area contributed by atoms with Crippen LogP contribution in [0.5, 0.6) is 0 Å². The Morgan fingerprint density at radius 1 is 1.21 bits per heavy atom. The monoisotopic (exact) mass is 395 g/mol. The average molecular weight is 395 g/mol. The largest absolute Gasteiger partial charge is 0.420 e. The number of aromatic nitrogens is 3. The van der Waals surface area contributed by atoms with E-state index in [0.717, 1.165) is 28.1 Å². The SMILES string of the molecule is CCCn1c(NC(=O)Cn2c(=O)oc3cc([N+](=O)[O-])ccc32)nc2ccccc21. The lowest BCUT2D eigenvalue weighted by molar-refractivity contribution is -0.384. The van der Waals surface area contributed by atoms with Crippen LogP contribution in [0.4, 0.5) is 11.6 Å². The van der Waals surface area contributed by atoms with E-state index >= 15 is 0 Å². The molecule has 148 valence electrons. The lowest BCUT2D eigenvalue weighted by Gasteiger charge is -2.09. The van der Waals surface area contributed by atoms with Crippen molar-refractivity contribution in [2.45, 2.75) is 26.4 Å². The molecule has 4 aromatic rings. The lowest BCUT2D eigenvalue weighted by Crippen LogP contribution is -2.26. The maximum atomic E-state index is 12.6. The number of anilines is 1. The number of non-ortho nitro benzene ring substituents is 1. The molecule has 0 aliphatic rings. The van der Waals surface area contributed by atoms with E-state index in [1.807, 2.05) is 35.8 Å². The van der Waals surface area contributed by atoms with Crippen molar-refractivity contribution in [1.29, 1.82) is 0 Å². The number of aryl methyl sites for hydroxylation is 1. The van der Waals surface area contributed by atoms with Crippen molar-refractivity contribution in [1.82, 2.24) is 14.1 Å². The maximum Gasteiger partial charge on any atom is 0.420 e. The van der Waals surface area contributed by atoms with Gasteiger partial charge in [-0.2, -0.15) is 0 Å². The molecule has 0 unspecified atom stereocenters. The zero-order valence-corrected chi connectivity index (χ0v) is 15.5.